The number of carbonyl (C=O) groups excluding carboxylic acids is 1. The number of carboxylic acids is 2. The van der Waals surface area contributed by atoms with E-state index in [4.69, 9.17) is 10.2 Å². The van der Waals surface area contributed by atoms with Gasteiger partial charge in [0.05, 0.1) is 0 Å². The second-order valence-corrected chi connectivity index (χ2v) is 2.78. The van der Waals surface area contributed by atoms with Crippen LogP contribution in [0.1, 0.15) is 0 Å². The number of urea groups is 1. The van der Waals surface area contributed by atoms with E-state index in [-0.39, 0.29) is 0 Å². The fourth-order valence-corrected chi connectivity index (χ4v) is 0.832. The SMILES string of the molecule is CN(CC(=O)O)C(=O)N(C)CC(=O)O. The van der Waals surface area contributed by atoms with E-state index in [2.05, 4.69) is 0 Å². The molecule has 0 rings (SSSR count). The highest BCUT2D eigenvalue weighted by Gasteiger charge is 2.17. The molecule has 0 aliphatic carbocycles. The van der Waals surface area contributed by atoms with Crippen LogP contribution in [0.3, 0.4) is 0 Å². The minimum atomic E-state index is -1.15. The first kappa shape index (κ1) is 12.2. The fourth-order valence-electron chi connectivity index (χ4n) is 0.832. The second kappa shape index (κ2) is 5.05. The maximum absolute atomic E-state index is 11.2. The Morgan fingerprint density at radius 3 is 1.43 bits per heavy atom. The highest BCUT2D eigenvalue weighted by atomic mass is 16.4. The third-order valence-electron chi connectivity index (χ3n) is 1.40. The molecule has 0 aromatic carbocycles. The molecule has 0 spiro atoms. The van der Waals surface area contributed by atoms with Crippen molar-refractivity contribution in [1.82, 2.24) is 9.80 Å². The lowest BCUT2D eigenvalue weighted by Crippen LogP contribution is -2.43. The molecule has 2 N–H and O–H groups in total. The zero-order chi connectivity index (χ0) is 11.3. The van der Waals surface area contributed by atoms with Crippen molar-refractivity contribution in [3.8, 4) is 0 Å². The minimum absolute atomic E-state index is 0.456. The van der Waals surface area contributed by atoms with Crippen LogP contribution in [0.2, 0.25) is 0 Å². The van der Waals surface area contributed by atoms with Gasteiger partial charge in [-0.3, -0.25) is 9.59 Å². The van der Waals surface area contributed by atoms with Gasteiger partial charge in [-0.1, -0.05) is 0 Å². The van der Waals surface area contributed by atoms with Crippen LogP contribution in [-0.2, 0) is 9.59 Å². The molecule has 0 radical (unpaired) electrons. The van der Waals surface area contributed by atoms with Gasteiger partial charge in [-0.05, 0) is 0 Å². The van der Waals surface area contributed by atoms with Gasteiger partial charge in [0, 0.05) is 14.1 Å². The molecule has 0 heterocycles. The molecule has 0 aromatic heterocycles. The standard InChI is InChI=1S/C7H12N2O5/c1-8(3-5(10)11)7(14)9(2)4-6(12)13/h3-4H2,1-2H3,(H,10,11)(H,12,13). The molecule has 0 unspecified atom stereocenters. The summed E-state index contributed by atoms with van der Waals surface area (Å²) in [5, 5.41) is 16.7. The van der Waals surface area contributed by atoms with Gasteiger partial charge < -0.3 is 20.0 Å². The number of amides is 2. The summed E-state index contributed by atoms with van der Waals surface area (Å²) in [5.74, 6) is -2.30. The molecule has 2 amide bonds. The van der Waals surface area contributed by atoms with Crippen LogP contribution in [0, 0.1) is 0 Å². The van der Waals surface area contributed by atoms with E-state index in [1.54, 1.807) is 0 Å². The molecule has 0 saturated carbocycles. The van der Waals surface area contributed by atoms with Gasteiger partial charge in [-0.25, -0.2) is 4.79 Å². The molecule has 0 atom stereocenters. The van der Waals surface area contributed by atoms with Crippen molar-refractivity contribution in [3.05, 3.63) is 0 Å². The summed E-state index contributed by atoms with van der Waals surface area (Å²) in [5.41, 5.74) is 0. The van der Waals surface area contributed by atoms with Gasteiger partial charge in [0.2, 0.25) is 0 Å². The third kappa shape index (κ3) is 4.29. The van der Waals surface area contributed by atoms with Crippen molar-refractivity contribution in [3.63, 3.8) is 0 Å². The number of carboxylic acid groups (broad SMARTS) is 2. The van der Waals surface area contributed by atoms with Crippen molar-refractivity contribution in [2.75, 3.05) is 27.2 Å². The molecule has 0 aliphatic rings. The zero-order valence-electron chi connectivity index (χ0n) is 7.93. The van der Waals surface area contributed by atoms with Gasteiger partial charge >= 0.3 is 18.0 Å². The maximum atomic E-state index is 11.2. The van der Waals surface area contributed by atoms with Crippen LogP contribution in [0.25, 0.3) is 0 Å². The Bertz CT molecular complexity index is 228. The lowest BCUT2D eigenvalue weighted by molar-refractivity contribution is -0.137. The van der Waals surface area contributed by atoms with E-state index in [9.17, 15) is 14.4 Å². The lowest BCUT2D eigenvalue weighted by Gasteiger charge is -2.21. The van der Waals surface area contributed by atoms with Crippen molar-refractivity contribution < 1.29 is 24.6 Å². The molecule has 14 heavy (non-hydrogen) atoms. The molecule has 0 aromatic rings. The summed E-state index contributed by atoms with van der Waals surface area (Å²) in [4.78, 5) is 33.5. The monoisotopic (exact) mass is 204 g/mol. The average molecular weight is 204 g/mol. The van der Waals surface area contributed by atoms with Crippen LogP contribution < -0.4 is 0 Å². The van der Waals surface area contributed by atoms with E-state index < -0.39 is 31.1 Å². The Hall–Kier alpha value is -1.79. The van der Waals surface area contributed by atoms with Gasteiger partial charge in [-0.2, -0.15) is 0 Å². The smallest absolute Gasteiger partial charge is 0.323 e. The van der Waals surface area contributed by atoms with Crippen LogP contribution in [0.15, 0.2) is 0 Å². The van der Waals surface area contributed by atoms with Crippen molar-refractivity contribution in [2.24, 2.45) is 0 Å². The molecule has 0 fully saturated rings. The molecule has 0 saturated heterocycles. The first-order chi connectivity index (χ1) is 6.34. The summed E-state index contributed by atoms with van der Waals surface area (Å²) in [7, 11) is 2.57. The summed E-state index contributed by atoms with van der Waals surface area (Å²) >= 11 is 0. The second-order valence-electron chi connectivity index (χ2n) is 2.78. The molecule has 7 nitrogen and oxygen atoms in total. The fraction of sp³-hybridized carbons (Fsp3) is 0.571. The quantitative estimate of drug-likeness (QED) is 0.620. The zero-order valence-corrected chi connectivity index (χ0v) is 7.93. The number of likely N-dealkylation sites (N-methyl/N-ethyl adjacent to an activating group) is 2. The Kier molecular flexibility index (Phi) is 4.41. The number of aliphatic carboxylic acids is 2. The average Bonchev–Trinajstić information content (AvgIpc) is 2.00. The number of hydrogen-bond acceptors (Lipinski definition) is 3. The largest absolute Gasteiger partial charge is 0.480 e. The Balaban J connectivity index is 4.16. The lowest BCUT2D eigenvalue weighted by atomic mass is 10.5. The topological polar surface area (TPSA) is 98.2 Å². The molecule has 0 bridgehead atoms. The number of carbonyl (C=O) groups is 3. The Labute approximate surface area is 80.5 Å². The summed E-state index contributed by atoms with van der Waals surface area (Å²) < 4.78 is 0. The van der Waals surface area contributed by atoms with Crippen molar-refractivity contribution in [1.29, 1.82) is 0 Å². The molecule has 0 aliphatic heterocycles. The van der Waals surface area contributed by atoms with E-state index in [1.165, 1.54) is 14.1 Å². The summed E-state index contributed by atoms with van der Waals surface area (Å²) in [6, 6.07) is -0.644. The van der Waals surface area contributed by atoms with Crippen LogP contribution in [0.5, 0.6) is 0 Å². The normalized spacial score (nSPS) is 9.29. The van der Waals surface area contributed by atoms with Gasteiger partial charge in [-0.15, -0.1) is 0 Å². The molecular formula is C7H12N2O5. The number of hydrogen-bond donors (Lipinski definition) is 2. The molecule has 7 heteroatoms. The first-order valence-electron chi connectivity index (χ1n) is 3.74. The predicted molar refractivity (Wildman–Crippen MR) is 45.9 cm³/mol. The van der Waals surface area contributed by atoms with Crippen molar-refractivity contribution in [2.45, 2.75) is 0 Å². The van der Waals surface area contributed by atoms with Crippen LogP contribution >= 0.6 is 0 Å². The minimum Gasteiger partial charge on any atom is -0.480 e. The van der Waals surface area contributed by atoms with Crippen LogP contribution in [-0.4, -0.2) is 65.2 Å². The molecular weight excluding hydrogens is 192 g/mol. The van der Waals surface area contributed by atoms with Crippen LogP contribution in [0.4, 0.5) is 4.79 Å². The Morgan fingerprint density at radius 2 is 1.21 bits per heavy atom. The molecule has 80 valence electrons. The maximum Gasteiger partial charge on any atom is 0.323 e. The highest BCUT2D eigenvalue weighted by molar-refractivity contribution is 5.82. The van der Waals surface area contributed by atoms with E-state index in [1.807, 2.05) is 0 Å². The number of rotatable bonds is 4. The van der Waals surface area contributed by atoms with E-state index in [0.29, 0.717) is 0 Å². The third-order valence-corrected chi connectivity index (χ3v) is 1.40. The highest BCUT2D eigenvalue weighted by Crippen LogP contribution is 1.93. The van der Waals surface area contributed by atoms with Gasteiger partial charge in [0.25, 0.3) is 0 Å². The summed E-state index contributed by atoms with van der Waals surface area (Å²) in [6.07, 6.45) is 0. The van der Waals surface area contributed by atoms with Gasteiger partial charge in [0.15, 0.2) is 0 Å². The Morgan fingerprint density at radius 1 is 0.929 bits per heavy atom. The van der Waals surface area contributed by atoms with E-state index in [0.717, 1.165) is 9.80 Å². The summed E-state index contributed by atoms with van der Waals surface area (Å²) in [6.45, 7) is -0.911. The van der Waals surface area contributed by atoms with Crippen molar-refractivity contribution >= 4 is 18.0 Å². The number of nitrogens with zero attached hydrogens (tertiary/aromatic N) is 2. The van der Waals surface area contributed by atoms with E-state index >= 15 is 0 Å². The van der Waals surface area contributed by atoms with Gasteiger partial charge in [0.1, 0.15) is 13.1 Å². The predicted octanol–water partition coefficient (Wildman–Crippen LogP) is -0.861. The first-order valence-corrected chi connectivity index (χ1v) is 3.74.